The van der Waals surface area contributed by atoms with Crippen LogP contribution in [0.5, 0.6) is 5.75 Å². The van der Waals surface area contributed by atoms with Crippen molar-refractivity contribution in [1.29, 1.82) is 0 Å². The highest BCUT2D eigenvalue weighted by molar-refractivity contribution is 14.0. The van der Waals surface area contributed by atoms with Crippen molar-refractivity contribution in [2.45, 2.75) is 19.4 Å². The second-order valence-corrected chi connectivity index (χ2v) is 7.38. The number of benzene rings is 1. The van der Waals surface area contributed by atoms with E-state index in [9.17, 15) is 8.42 Å². The first-order valence-electron chi connectivity index (χ1n) is 7.23. The zero-order valence-corrected chi connectivity index (χ0v) is 16.9. The number of rotatable bonds is 8. The van der Waals surface area contributed by atoms with Gasteiger partial charge >= 0.3 is 0 Å². The van der Waals surface area contributed by atoms with Crippen LogP contribution in [0.2, 0.25) is 0 Å². The van der Waals surface area contributed by atoms with E-state index < -0.39 is 9.84 Å². The number of para-hydroxylation sites is 1. The van der Waals surface area contributed by atoms with Gasteiger partial charge in [-0.25, -0.2) is 8.42 Å². The summed E-state index contributed by atoms with van der Waals surface area (Å²) in [6.07, 6.45) is 1.79. The van der Waals surface area contributed by atoms with Crippen LogP contribution in [-0.4, -0.2) is 52.6 Å². The quantitative estimate of drug-likeness (QED) is 0.270. The monoisotopic (exact) mass is 455 g/mol. The van der Waals surface area contributed by atoms with Gasteiger partial charge in [-0.3, -0.25) is 4.99 Å². The van der Waals surface area contributed by atoms with Gasteiger partial charge in [-0.05, 0) is 25.5 Å². The minimum Gasteiger partial charge on any atom is -0.492 e. The molecule has 23 heavy (non-hydrogen) atoms. The van der Waals surface area contributed by atoms with Crippen LogP contribution in [0, 0.1) is 0 Å². The lowest BCUT2D eigenvalue weighted by Crippen LogP contribution is -2.44. The van der Waals surface area contributed by atoms with Crippen LogP contribution in [-0.2, 0) is 9.84 Å². The normalized spacial score (nSPS) is 12.9. The van der Waals surface area contributed by atoms with Crippen LogP contribution in [0.3, 0.4) is 0 Å². The summed E-state index contributed by atoms with van der Waals surface area (Å²) >= 11 is 0. The molecule has 1 atom stereocenters. The van der Waals surface area contributed by atoms with Gasteiger partial charge in [0.05, 0.1) is 12.3 Å². The summed E-state index contributed by atoms with van der Waals surface area (Å²) < 4.78 is 27.9. The first-order valence-corrected chi connectivity index (χ1v) is 9.29. The molecule has 2 N–H and O–H groups in total. The molecule has 1 aromatic rings. The largest absolute Gasteiger partial charge is 0.492 e. The molecule has 0 fully saturated rings. The molecule has 1 aromatic carbocycles. The van der Waals surface area contributed by atoms with E-state index >= 15 is 0 Å². The Bertz CT molecular complexity index is 565. The molecule has 6 nitrogen and oxygen atoms in total. The molecular formula is C15H26IN3O3S. The summed E-state index contributed by atoms with van der Waals surface area (Å²) in [5, 5.41) is 6.29. The average Bonchev–Trinajstić information content (AvgIpc) is 2.48. The Balaban J connectivity index is 0.00000484. The third kappa shape index (κ3) is 11.2. The van der Waals surface area contributed by atoms with Gasteiger partial charge in [0.15, 0.2) is 5.96 Å². The van der Waals surface area contributed by atoms with Gasteiger partial charge < -0.3 is 15.4 Å². The molecule has 1 unspecified atom stereocenters. The predicted octanol–water partition coefficient (Wildman–Crippen LogP) is 1.67. The van der Waals surface area contributed by atoms with Crippen LogP contribution < -0.4 is 15.4 Å². The maximum absolute atomic E-state index is 11.1. The summed E-state index contributed by atoms with van der Waals surface area (Å²) in [6, 6.07) is 9.62. The molecule has 0 saturated heterocycles. The first kappa shape index (κ1) is 22.0. The Morgan fingerprint density at radius 1 is 1.30 bits per heavy atom. The highest BCUT2D eigenvalue weighted by Crippen LogP contribution is 2.07. The van der Waals surface area contributed by atoms with Crippen molar-refractivity contribution in [2.75, 3.05) is 32.2 Å². The van der Waals surface area contributed by atoms with E-state index in [-0.39, 0.29) is 35.8 Å². The van der Waals surface area contributed by atoms with Crippen molar-refractivity contribution in [3.8, 4) is 5.75 Å². The molecule has 0 radical (unpaired) electrons. The van der Waals surface area contributed by atoms with Gasteiger partial charge in [0.2, 0.25) is 0 Å². The highest BCUT2D eigenvalue weighted by Gasteiger charge is 2.09. The Hall–Kier alpha value is -1.03. The standard InChI is InChI=1S/C15H25N3O3S.HI/c1-13(9-12-22(3,19)20)18-15(16-2)17-10-11-21-14-7-5-4-6-8-14;/h4-8,13H,9-12H2,1-3H3,(H2,16,17,18);1H. The molecule has 0 saturated carbocycles. The van der Waals surface area contributed by atoms with Crippen molar-refractivity contribution >= 4 is 39.8 Å². The SMILES string of the molecule is CN=C(NCCOc1ccccc1)NC(C)CCS(C)(=O)=O.I. The van der Waals surface area contributed by atoms with Crippen LogP contribution in [0.1, 0.15) is 13.3 Å². The van der Waals surface area contributed by atoms with E-state index in [2.05, 4.69) is 15.6 Å². The fourth-order valence-corrected chi connectivity index (χ4v) is 2.53. The Morgan fingerprint density at radius 2 is 1.96 bits per heavy atom. The molecule has 8 heteroatoms. The maximum atomic E-state index is 11.1. The second kappa shape index (κ2) is 11.5. The van der Waals surface area contributed by atoms with Gasteiger partial charge in [0, 0.05) is 19.3 Å². The molecule has 0 amide bonds. The number of ether oxygens (including phenoxy) is 1. The first-order chi connectivity index (χ1) is 10.4. The zero-order valence-electron chi connectivity index (χ0n) is 13.8. The molecule has 0 aromatic heterocycles. The number of nitrogens with zero attached hydrogens (tertiary/aromatic N) is 1. The fourth-order valence-electron chi connectivity index (χ4n) is 1.75. The van der Waals surface area contributed by atoms with Crippen molar-refractivity contribution in [1.82, 2.24) is 10.6 Å². The zero-order chi connectivity index (χ0) is 16.4. The van der Waals surface area contributed by atoms with E-state index in [4.69, 9.17) is 4.74 Å². The van der Waals surface area contributed by atoms with E-state index in [1.165, 1.54) is 6.26 Å². The van der Waals surface area contributed by atoms with Crippen LogP contribution in [0.25, 0.3) is 0 Å². The summed E-state index contributed by atoms with van der Waals surface area (Å²) in [5.41, 5.74) is 0. The van der Waals surface area contributed by atoms with Crippen LogP contribution in [0.4, 0.5) is 0 Å². The number of nitrogens with one attached hydrogen (secondary N) is 2. The minimum absolute atomic E-state index is 0. The lowest BCUT2D eigenvalue weighted by atomic mass is 10.3. The third-order valence-corrected chi connectivity index (χ3v) is 3.91. The molecule has 0 bridgehead atoms. The van der Waals surface area contributed by atoms with E-state index in [0.717, 1.165) is 5.75 Å². The lowest BCUT2D eigenvalue weighted by molar-refractivity contribution is 0.321. The van der Waals surface area contributed by atoms with Gasteiger partial charge in [-0.15, -0.1) is 24.0 Å². The average molecular weight is 455 g/mol. The van der Waals surface area contributed by atoms with Crippen molar-refractivity contribution in [3.63, 3.8) is 0 Å². The predicted molar refractivity (Wildman–Crippen MR) is 106 cm³/mol. The van der Waals surface area contributed by atoms with Gasteiger partial charge in [0.1, 0.15) is 22.2 Å². The van der Waals surface area contributed by atoms with Crippen molar-refractivity contribution in [2.24, 2.45) is 4.99 Å². The maximum Gasteiger partial charge on any atom is 0.191 e. The Morgan fingerprint density at radius 3 is 2.52 bits per heavy atom. The van der Waals surface area contributed by atoms with E-state index in [0.29, 0.717) is 25.5 Å². The molecular weight excluding hydrogens is 429 g/mol. The summed E-state index contributed by atoms with van der Waals surface area (Å²) in [6.45, 7) is 3.05. The van der Waals surface area contributed by atoms with Crippen LogP contribution >= 0.6 is 24.0 Å². The summed E-state index contributed by atoms with van der Waals surface area (Å²) in [7, 11) is -1.26. The number of halogens is 1. The summed E-state index contributed by atoms with van der Waals surface area (Å²) in [5.74, 6) is 1.63. The minimum atomic E-state index is -2.93. The fraction of sp³-hybridized carbons (Fsp3) is 0.533. The number of sulfone groups is 1. The molecule has 132 valence electrons. The Kier molecular flexibility index (Phi) is 11.0. The Labute approximate surface area is 156 Å². The molecule has 0 spiro atoms. The molecule has 0 aliphatic carbocycles. The van der Waals surface area contributed by atoms with Crippen molar-refractivity contribution in [3.05, 3.63) is 30.3 Å². The smallest absolute Gasteiger partial charge is 0.191 e. The molecule has 0 heterocycles. The second-order valence-electron chi connectivity index (χ2n) is 5.12. The highest BCUT2D eigenvalue weighted by atomic mass is 127. The van der Waals surface area contributed by atoms with Crippen LogP contribution in [0.15, 0.2) is 35.3 Å². The third-order valence-electron chi connectivity index (χ3n) is 2.93. The molecule has 1 rings (SSSR count). The van der Waals surface area contributed by atoms with Crippen molar-refractivity contribution < 1.29 is 13.2 Å². The number of hydrogen-bond donors (Lipinski definition) is 2. The van der Waals surface area contributed by atoms with E-state index in [1.54, 1.807) is 7.05 Å². The van der Waals surface area contributed by atoms with Gasteiger partial charge in [-0.2, -0.15) is 0 Å². The summed E-state index contributed by atoms with van der Waals surface area (Å²) in [4.78, 5) is 4.11. The topological polar surface area (TPSA) is 79.8 Å². The van der Waals surface area contributed by atoms with Gasteiger partial charge in [-0.1, -0.05) is 18.2 Å². The number of aliphatic imine (C=N–C) groups is 1. The van der Waals surface area contributed by atoms with E-state index in [1.807, 2.05) is 37.3 Å². The number of hydrogen-bond acceptors (Lipinski definition) is 4. The number of guanidine groups is 1. The molecule has 0 aliphatic heterocycles. The van der Waals surface area contributed by atoms with Gasteiger partial charge in [0.25, 0.3) is 0 Å². The molecule has 0 aliphatic rings. The lowest BCUT2D eigenvalue weighted by Gasteiger charge is -2.17.